The zero-order valence-electron chi connectivity index (χ0n) is 10.8. The van der Waals surface area contributed by atoms with E-state index in [0.717, 1.165) is 43.8 Å². The fourth-order valence-corrected chi connectivity index (χ4v) is 4.42. The number of hydrogen-bond acceptors (Lipinski definition) is 3. The normalized spacial score (nSPS) is 52.6. The van der Waals surface area contributed by atoms with Gasteiger partial charge >= 0.3 is 0 Å². The third-order valence-electron chi connectivity index (χ3n) is 5.47. The summed E-state index contributed by atoms with van der Waals surface area (Å²) in [5, 5.41) is 0. The van der Waals surface area contributed by atoms with E-state index in [9.17, 15) is 0 Å². The molecule has 2 aliphatic carbocycles. The van der Waals surface area contributed by atoms with Crippen LogP contribution in [0.15, 0.2) is 12.2 Å². The highest BCUT2D eigenvalue weighted by Gasteiger charge is 2.45. The van der Waals surface area contributed by atoms with Gasteiger partial charge in [0.15, 0.2) is 0 Å². The van der Waals surface area contributed by atoms with Gasteiger partial charge in [0.05, 0.1) is 18.8 Å². The number of hydrogen-bond donors (Lipinski definition) is 1. The largest absolute Gasteiger partial charge is 0.381 e. The predicted octanol–water partition coefficient (Wildman–Crippen LogP) is 1.72. The standard InChI is InChI=1S/C15H23NO2/c16-13-6-14-12(5-15(13)18-14)8-17-7-11-4-9-1-2-10(11)3-9/h1-2,9-15H,3-8,16H2. The van der Waals surface area contributed by atoms with E-state index in [1.165, 1.54) is 12.8 Å². The summed E-state index contributed by atoms with van der Waals surface area (Å²) in [4.78, 5) is 0. The van der Waals surface area contributed by atoms with E-state index in [1.54, 1.807) is 0 Å². The van der Waals surface area contributed by atoms with Crippen LogP contribution >= 0.6 is 0 Å². The Morgan fingerprint density at radius 3 is 2.50 bits per heavy atom. The van der Waals surface area contributed by atoms with Crippen molar-refractivity contribution in [2.75, 3.05) is 13.2 Å². The van der Waals surface area contributed by atoms with Crippen molar-refractivity contribution in [2.24, 2.45) is 29.4 Å². The van der Waals surface area contributed by atoms with Crippen LogP contribution in [0.4, 0.5) is 0 Å². The van der Waals surface area contributed by atoms with Crippen LogP contribution in [0, 0.1) is 23.7 Å². The highest BCUT2D eigenvalue weighted by molar-refractivity contribution is 5.10. The molecule has 0 spiro atoms. The number of fused-ring (bicyclic) bond motifs is 4. The summed E-state index contributed by atoms with van der Waals surface area (Å²) >= 11 is 0. The van der Waals surface area contributed by atoms with E-state index in [-0.39, 0.29) is 6.04 Å². The first-order valence-electron chi connectivity index (χ1n) is 7.46. The monoisotopic (exact) mass is 249 g/mol. The van der Waals surface area contributed by atoms with Gasteiger partial charge in [0.25, 0.3) is 0 Å². The maximum atomic E-state index is 5.99. The van der Waals surface area contributed by atoms with Crippen LogP contribution in [0.5, 0.6) is 0 Å². The van der Waals surface area contributed by atoms with Gasteiger partial charge in [0.1, 0.15) is 0 Å². The van der Waals surface area contributed by atoms with Crippen molar-refractivity contribution < 1.29 is 9.47 Å². The lowest BCUT2D eigenvalue weighted by Crippen LogP contribution is -2.35. The molecule has 2 N–H and O–H groups in total. The minimum absolute atomic E-state index is 0.280. The summed E-state index contributed by atoms with van der Waals surface area (Å²) in [6.45, 7) is 1.83. The van der Waals surface area contributed by atoms with Crippen molar-refractivity contribution in [3.05, 3.63) is 12.2 Å². The summed E-state index contributed by atoms with van der Waals surface area (Å²) in [6, 6.07) is 0.280. The molecule has 4 bridgehead atoms. The SMILES string of the molecule is NC1CC2OC1CC2COCC1CC2C=CC1C2. The van der Waals surface area contributed by atoms with Gasteiger partial charge in [-0.15, -0.1) is 0 Å². The third kappa shape index (κ3) is 1.84. The van der Waals surface area contributed by atoms with Crippen LogP contribution in [-0.2, 0) is 9.47 Å². The van der Waals surface area contributed by atoms with Crippen molar-refractivity contribution >= 4 is 0 Å². The van der Waals surface area contributed by atoms with E-state index in [2.05, 4.69) is 12.2 Å². The van der Waals surface area contributed by atoms with E-state index >= 15 is 0 Å². The second-order valence-corrected chi connectivity index (χ2v) is 6.69. The maximum absolute atomic E-state index is 5.99. The van der Waals surface area contributed by atoms with Crippen molar-refractivity contribution in [1.82, 2.24) is 0 Å². The number of ether oxygens (including phenoxy) is 2. The smallest absolute Gasteiger partial charge is 0.0735 e. The molecule has 3 fully saturated rings. The number of allylic oxidation sites excluding steroid dienone is 2. The first kappa shape index (κ1) is 11.4. The molecule has 0 aromatic rings. The zero-order valence-corrected chi connectivity index (χ0v) is 10.8. The Morgan fingerprint density at radius 1 is 1.00 bits per heavy atom. The molecule has 4 aliphatic rings. The fraction of sp³-hybridized carbons (Fsp3) is 0.867. The highest BCUT2D eigenvalue weighted by Crippen LogP contribution is 2.44. The molecule has 4 rings (SSSR count). The second kappa shape index (κ2) is 4.32. The molecular weight excluding hydrogens is 226 g/mol. The van der Waals surface area contributed by atoms with Crippen LogP contribution in [0.1, 0.15) is 25.7 Å². The van der Waals surface area contributed by atoms with Crippen LogP contribution in [0.3, 0.4) is 0 Å². The fourth-order valence-electron chi connectivity index (χ4n) is 4.42. The number of nitrogens with two attached hydrogens (primary N) is 1. The Kier molecular flexibility index (Phi) is 2.75. The van der Waals surface area contributed by atoms with Crippen molar-refractivity contribution in [1.29, 1.82) is 0 Å². The Hall–Kier alpha value is -0.380. The second-order valence-electron chi connectivity index (χ2n) is 6.69. The van der Waals surface area contributed by atoms with Crippen molar-refractivity contribution in [2.45, 2.75) is 43.9 Å². The van der Waals surface area contributed by atoms with Crippen LogP contribution in [0.2, 0.25) is 0 Å². The summed E-state index contributed by atoms with van der Waals surface area (Å²) in [5.74, 6) is 3.04. The minimum Gasteiger partial charge on any atom is -0.381 e. The molecule has 100 valence electrons. The molecule has 2 saturated heterocycles. The average Bonchev–Trinajstić information content (AvgIpc) is 3.07. The molecule has 7 unspecified atom stereocenters. The summed E-state index contributed by atoms with van der Waals surface area (Å²) in [6.07, 6.45) is 10.4. The molecule has 3 heteroatoms. The Morgan fingerprint density at radius 2 is 1.89 bits per heavy atom. The van der Waals surface area contributed by atoms with Crippen LogP contribution in [0.25, 0.3) is 0 Å². The Labute approximate surface area is 109 Å². The quantitative estimate of drug-likeness (QED) is 0.772. The molecule has 3 nitrogen and oxygen atoms in total. The maximum Gasteiger partial charge on any atom is 0.0735 e. The van der Waals surface area contributed by atoms with E-state index < -0.39 is 0 Å². The minimum atomic E-state index is 0.280. The molecule has 7 atom stereocenters. The van der Waals surface area contributed by atoms with Crippen LogP contribution in [-0.4, -0.2) is 31.5 Å². The molecule has 2 aliphatic heterocycles. The van der Waals surface area contributed by atoms with Gasteiger partial charge in [-0.05, 0) is 43.4 Å². The average molecular weight is 249 g/mol. The molecule has 0 radical (unpaired) electrons. The number of rotatable bonds is 4. The molecular formula is C15H23NO2. The van der Waals surface area contributed by atoms with Gasteiger partial charge in [0.2, 0.25) is 0 Å². The molecule has 0 amide bonds. The van der Waals surface area contributed by atoms with E-state index in [0.29, 0.717) is 18.1 Å². The lowest BCUT2D eigenvalue weighted by atomic mass is 9.87. The molecule has 1 saturated carbocycles. The lowest BCUT2D eigenvalue weighted by molar-refractivity contribution is 0.0342. The van der Waals surface area contributed by atoms with Crippen molar-refractivity contribution in [3.63, 3.8) is 0 Å². The summed E-state index contributed by atoms with van der Waals surface area (Å²) < 4.78 is 11.8. The van der Waals surface area contributed by atoms with Gasteiger partial charge in [-0.1, -0.05) is 12.2 Å². The van der Waals surface area contributed by atoms with Gasteiger partial charge in [-0.2, -0.15) is 0 Å². The van der Waals surface area contributed by atoms with Gasteiger partial charge in [-0.3, -0.25) is 0 Å². The first-order valence-corrected chi connectivity index (χ1v) is 7.46. The Bertz CT molecular complexity index is 354. The Balaban J connectivity index is 1.23. The van der Waals surface area contributed by atoms with Crippen LogP contribution < -0.4 is 5.73 Å². The topological polar surface area (TPSA) is 44.5 Å². The highest BCUT2D eigenvalue weighted by atomic mass is 16.5. The lowest BCUT2D eigenvalue weighted by Gasteiger charge is -2.24. The van der Waals surface area contributed by atoms with Gasteiger partial charge in [0, 0.05) is 18.6 Å². The van der Waals surface area contributed by atoms with Gasteiger partial charge < -0.3 is 15.2 Å². The molecule has 18 heavy (non-hydrogen) atoms. The molecule has 0 aromatic carbocycles. The van der Waals surface area contributed by atoms with Crippen molar-refractivity contribution in [3.8, 4) is 0 Å². The predicted molar refractivity (Wildman–Crippen MR) is 69.0 cm³/mol. The summed E-state index contributed by atoms with van der Waals surface area (Å²) in [5.41, 5.74) is 5.98. The van der Waals surface area contributed by atoms with Gasteiger partial charge in [-0.25, -0.2) is 0 Å². The molecule has 2 heterocycles. The van der Waals surface area contributed by atoms with E-state index in [4.69, 9.17) is 15.2 Å². The van der Waals surface area contributed by atoms with E-state index in [1.807, 2.05) is 0 Å². The summed E-state index contributed by atoms with van der Waals surface area (Å²) in [7, 11) is 0. The third-order valence-corrected chi connectivity index (χ3v) is 5.47. The first-order chi connectivity index (χ1) is 8.79. The zero-order chi connectivity index (χ0) is 12.1. The molecule has 0 aromatic heterocycles.